The first-order valence-corrected chi connectivity index (χ1v) is 24.1. The van der Waals surface area contributed by atoms with Crippen molar-refractivity contribution in [3.63, 3.8) is 0 Å². The fourth-order valence-corrected chi connectivity index (χ4v) is 7.64. The van der Waals surface area contributed by atoms with Crippen LogP contribution in [0.25, 0.3) is 0 Å². The van der Waals surface area contributed by atoms with Crippen molar-refractivity contribution in [2.75, 3.05) is 59.2 Å². The fourth-order valence-electron chi connectivity index (χ4n) is 7.64. The SMILES string of the molecule is CCCCCCCCCCCOC(=O)CCCCCN(CCN(CCO)CCCCCC(OCCCCCCCC)OCCCCCCCC)C1CCC1. The van der Waals surface area contributed by atoms with Gasteiger partial charge in [0, 0.05) is 45.3 Å². The van der Waals surface area contributed by atoms with Crippen LogP contribution in [0.5, 0.6) is 0 Å². The molecule has 0 aliphatic heterocycles. The summed E-state index contributed by atoms with van der Waals surface area (Å²) in [7, 11) is 0. The summed E-state index contributed by atoms with van der Waals surface area (Å²) in [5.41, 5.74) is 0. The van der Waals surface area contributed by atoms with Gasteiger partial charge in [0.05, 0.1) is 13.2 Å². The van der Waals surface area contributed by atoms with E-state index in [1.807, 2.05) is 0 Å². The maximum Gasteiger partial charge on any atom is 0.305 e. The van der Waals surface area contributed by atoms with E-state index in [4.69, 9.17) is 14.2 Å². The van der Waals surface area contributed by atoms with Gasteiger partial charge in [-0.3, -0.25) is 14.6 Å². The summed E-state index contributed by atoms with van der Waals surface area (Å²) in [4.78, 5) is 17.4. The van der Waals surface area contributed by atoms with E-state index in [2.05, 4.69) is 30.6 Å². The molecule has 1 aliphatic carbocycles. The molecule has 1 aliphatic rings. The number of esters is 1. The molecule has 322 valence electrons. The Morgan fingerprint density at radius 2 is 1.02 bits per heavy atom. The van der Waals surface area contributed by atoms with Crippen molar-refractivity contribution in [2.24, 2.45) is 0 Å². The Kier molecular flexibility index (Phi) is 38.4. The van der Waals surface area contributed by atoms with Gasteiger partial charge in [0.15, 0.2) is 6.29 Å². The van der Waals surface area contributed by atoms with Crippen molar-refractivity contribution in [1.82, 2.24) is 9.80 Å². The molecule has 0 saturated heterocycles. The number of hydrogen-bond donors (Lipinski definition) is 1. The molecule has 54 heavy (non-hydrogen) atoms. The molecule has 0 spiro atoms. The highest BCUT2D eigenvalue weighted by molar-refractivity contribution is 5.69. The van der Waals surface area contributed by atoms with Gasteiger partial charge >= 0.3 is 5.97 Å². The van der Waals surface area contributed by atoms with Crippen LogP contribution < -0.4 is 0 Å². The standard InChI is InChI=1S/C47H94N2O5/c1-4-7-10-13-16-17-18-21-28-42-52-46(51)34-24-22-27-37-49(45-32-31-33-45)39-38-48(40-41-50)36-26-23-25-35-47(53-43-29-19-14-11-8-5-2)54-44-30-20-15-12-9-6-3/h45,47,50H,4-44H2,1-3H3. The Morgan fingerprint density at radius 3 is 1.54 bits per heavy atom. The van der Waals surface area contributed by atoms with Crippen LogP contribution in [0.3, 0.4) is 0 Å². The Labute approximate surface area is 336 Å². The summed E-state index contributed by atoms with van der Waals surface area (Å²) in [6.07, 6.45) is 39.1. The van der Waals surface area contributed by atoms with Crippen LogP contribution >= 0.6 is 0 Å². The summed E-state index contributed by atoms with van der Waals surface area (Å²) < 4.78 is 18.1. The largest absolute Gasteiger partial charge is 0.466 e. The predicted molar refractivity (Wildman–Crippen MR) is 230 cm³/mol. The molecule has 1 rings (SSSR count). The summed E-state index contributed by atoms with van der Waals surface area (Å²) in [6.45, 7) is 14.3. The first kappa shape index (κ1) is 51.3. The van der Waals surface area contributed by atoms with Crippen LogP contribution in [-0.2, 0) is 19.0 Å². The average Bonchev–Trinajstić information content (AvgIpc) is 3.15. The number of unbranched alkanes of at least 4 members (excludes halogenated alkanes) is 22. The Hall–Kier alpha value is -0.730. The zero-order chi connectivity index (χ0) is 39.0. The van der Waals surface area contributed by atoms with Gasteiger partial charge in [0.1, 0.15) is 0 Å². The monoisotopic (exact) mass is 767 g/mol. The summed E-state index contributed by atoms with van der Waals surface area (Å²) in [5.74, 6) is -0.0121. The first-order valence-electron chi connectivity index (χ1n) is 24.1. The minimum absolute atomic E-state index is 0.0121. The normalized spacial score (nSPS) is 13.5. The summed E-state index contributed by atoms with van der Waals surface area (Å²) in [6, 6.07) is 0.715. The molecule has 0 unspecified atom stereocenters. The third kappa shape index (κ3) is 32.4. The van der Waals surface area contributed by atoms with E-state index < -0.39 is 0 Å². The molecule has 0 aromatic heterocycles. The molecule has 1 saturated carbocycles. The van der Waals surface area contributed by atoms with Crippen molar-refractivity contribution >= 4 is 5.97 Å². The maximum atomic E-state index is 12.2. The molecule has 0 radical (unpaired) electrons. The smallest absolute Gasteiger partial charge is 0.305 e. The molecule has 0 bridgehead atoms. The Bertz CT molecular complexity index is 748. The highest BCUT2D eigenvalue weighted by Gasteiger charge is 2.24. The lowest BCUT2D eigenvalue weighted by molar-refractivity contribution is -0.148. The van der Waals surface area contributed by atoms with Crippen LogP contribution in [0.15, 0.2) is 0 Å². The van der Waals surface area contributed by atoms with Gasteiger partial charge in [0.25, 0.3) is 0 Å². The summed E-state index contributed by atoms with van der Waals surface area (Å²) in [5, 5.41) is 9.82. The molecule has 0 atom stereocenters. The number of nitrogens with zero attached hydrogens (tertiary/aromatic N) is 2. The number of aliphatic hydroxyl groups excluding tert-OH is 1. The highest BCUT2D eigenvalue weighted by atomic mass is 16.7. The Balaban J connectivity index is 2.27. The van der Waals surface area contributed by atoms with Gasteiger partial charge in [0.2, 0.25) is 0 Å². The lowest BCUT2D eigenvalue weighted by atomic mass is 9.91. The van der Waals surface area contributed by atoms with E-state index in [9.17, 15) is 9.90 Å². The van der Waals surface area contributed by atoms with E-state index in [1.165, 1.54) is 141 Å². The number of rotatable bonds is 44. The molecule has 0 amide bonds. The van der Waals surface area contributed by atoms with Gasteiger partial charge < -0.3 is 19.3 Å². The second-order valence-electron chi connectivity index (χ2n) is 16.6. The number of hydrogen-bond acceptors (Lipinski definition) is 7. The molecule has 0 aromatic rings. The van der Waals surface area contributed by atoms with Crippen molar-refractivity contribution in [3.05, 3.63) is 0 Å². The number of aliphatic hydroxyl groups is 1. The van der Waals surface area contributed by atoms with Crippen LogP contribution in [0.2, 0.25) is 0 Å². The fraction of sp³-hybridized carbons (Fsp3) is 0.979. The summed E-state index contributed by atoms with van der Waals surface area (Å²) >= 11 is 0. The molecular formula is C47H94N2O5. The quantitative estimate of drug-likeness (QED) is 0.0376. The van der Waals surface area contributed by atoms with Gasteiger partial charge in [-0.05, 0) is 77.3 Å². The first-order chi connectivity index (χ1) is 26.6. The molecule has 0 heterocycles. The molecule has 7 nitrogen and oxygen atoms in total. The third-order valence-corrected chi connectivity index (χ3v) is 11.6. The molecule has 1 fully saturated rings. The zero-order valence-corrected chi connectivity index (χ0v) is 36.6. The number of carbonyl (C=O) groups excluding carboxylic acids is 1. The topological polar surface area (TPSA) is 71.5 Å². The van der Waals surface area contributed by atoms with Gasteiger partial charge in [-0.2, -0.15) is 0 Å². The van der Waals surface area contributed by atoms with E-state index in [-0.39, 0.29) is 18.9 Å². The third-order valence-electron chi connectivity index (χ3n) is 11.6. The van der Waals surface area contributed by atoms with Crippen molar-refractivity contribution in [1.29, 1.82) is 0 Å². The van der Waals surface area contributed by atoms with Crippen LogP contribution in [0, 0.1) is 0 Å². The van der Waals surface area contributed by atoms with Crippen molar-refractivity contribution in [3.8, 4) is 0 Å². The van der Waals surface area contributed by atoms with Crippen LogP contribution in [-0.4, -0.2) is 92.4 Å². The second-order valence-corrected chi connectivity index (χ2v) is 16.6. The highest BCUT2D eigenvalue weighted by Crippen LogP contribution is 2.25. The lowest BCUT2D eigenvalue weighted by Gasteiger charge is -2.39. The van der Waals surface area contributed by atoms with Crippen molar-refractivity contribution in [2.45, 2.75) is 239 Å². The maximum absolute atomic E-state index is 12.2. The minimum atomic E-state index is -0.0592. The van der Waals surface area contributed by atoms with E-state index >= 15 is 0 Å². The van der Waals surface area contributed by atoms with Gasteiger partial charge in [-0.15, -0.1) is 0 Å². The number of carbonyl (C=O) groups is 1. The van der Waals surface area contributed by atoms with E-state index in [0.717, 1.165) is 104 Å². The van der Waals surface area contributed by atoms with E-state index in [1.54, 1.807) is 0 Å². The van der Waals surface area contributed by atoms with Gasteiger partial charge in [-0.25, -0.2) is 0 Å². The molecule has 1 N–H and O–H groups in total. The zero-order valence-electron chi connectivity index (χ0n) is 36.6. The predicted octanol–water partition coefficient (Wildman–Crippen LogP) is 12.4. The van der Waals surface area contributed by atoms with Gasteiger partial charge in [-0.1, -0.05) is 156 Å². The average molecular weight is 767 g/mol. The van der Waals surface area contributed by atoms with Crippen molar-refractivity contribution < 1.29 is 24.1 Å². The lowest BCUT2D eigenvalue weighted by Crippen LogP contribution is -2.45. The second kappa shape index (κ2) is 40.5. The van der Waals surface area contributed by atoms with Crippen LogP contribution in [0.4, 0.5) is 0 Å². The van der Waals surface area contributed by atoms with Crippen LogP contribution in [0.1, 0.15) is 226 Å². The number of ether oxygens (including phenoxy) is 3. The molecule has 0 aromatic carbocycles. The molecular weight excluding hydrogens is 673 g/mol. The van der Waals surface area contributed by atoms with E-state index in [0.29, 0.717) is 19.1 Å². The Morgan fingerprint density at radius 1 is 0.537 bits per heavy atom. The minimum Gasteiger partial charge on any atom is -0.466 e. The molecule has 7 heteroatoms.